The Labute approximate surface area is 316 Å². The molecule has 3 amide bonds. The van der Waals surface area contributed by atoms with E-state index in [4.69, 9.17) is 30.5 Å². The summed E-state index contributed by atoms with van der Waals surface area (Å²) in [5, 5.41) is 14.5. The van der Waals surface area contributed by atoms with Crippen LogP contribution >= 0.6 is 23.4 Å². The highest BCUT2D eigenvalue weighted by atomic mass is 35.5. The Balaban J connectivity index is 1.73. The number of nitrogens with one attached hydrogen (secondary N) is 1. The van der Waals surface area contributed by atoms with Crippen molar-refractivity contribution in [3.8, 4) is 5.75 Å². The van der Waals surface area contributed by atoms with Crippen molar-refractivity contribution in [1.82, 2.24) is 10.2 Å². The molecule has 0 aliphatic carbocycles. The Bertz CT molecular complexity index is 1590. The molecule has 4 rings (SSSR count). The third kappa shape index (κ3) is 9.09. The highest BCUT2D eigenvalue weighted by Crippen LogP contribution is 2.49. The molecular formula is C38H54ClN3O9S. The molecule has 0 radical (unpaired) electrons. The number of rotatable bonds is 8. The van der Waals surface area contributed by atoms with Gasteiger partial charge in [0.1, 0.15) is 40.3 Å². The number of thioether (sulfide) groups is 1. The minimum Gasteiger partial charge on any atom is -0.495 e. The Morgan fingerprint density at radius 1 is 1.25 bits per heavy atom. The van der Waals surface area contributed by atoms with Crippen LogP contribution < -0.4 is 15.0 Å². The third-order valence-electron chi connectivity index (χ3n) is 10.8. The number of carbonyl (C=O) groups excluding carboxylic acids is 4. The Kier molecular flexibility index (Phi) is 13.4. The highest BCUT2D eigenvalue weighted by Gasteiger charge is 2.64. The third-order valence-corrected chi connectivity index (χ3v) is 11.8. The summed E-state index contributed by atoms with van der Waals surface area (Å²) in [6.45, 7) is 10.8. The second-order valence-electron chi connectivity index (χ2n) is 14.7. The first-order chi connectivity index (χ1) is 24.4. The van der Waals surface area contributed by atoms with E-state index >= 15 is 0 Å². The van der Waals surface area contributed by atoms with Gasteiger partial charge in [-0.25, -0.2) is 9.59 Å². The predicted molar refractivity (Wildman–Crippen MR) is 201 cm³/mol. The summed E-state index contributed by atoms with van der Waals surface area (Å²) >= 11 is 8.41. The quantitative estimate of drug-likeness (QED) is 0.256. The maximum Gasteiger partial charge on any atom is 0.409 e. The molecule has 4 bridgehead atoms. The molecule has 1 aromatic rings. The van der Waals surface area contributed by atoms with E-state index < -0.39 is 65.5 Å². The summed E-state index contributed by atoms with van der Waals surface area (Å²) in [6.07, 6.45) is 5.28. The van der Waals surface area contributed by atoms with Crippen LogP contribution in [0, 0.1) is 17.8 Å². The van der Waals surface area contributed by atoms with E-state index in [-0.39, 0.29) is 29.7 Å². The number of hydrogen-bond donors (Lipinski definition) is 2. The molecule has 2 N–H and O–H groups in total. The van der Waals surface area contributed by atoms with Crippen molar-refractivity contribution in [2.45, 2.75) is 103 Å². The lowest BCUT2D eigenvalue weighted by atomic mass is 9.82. The van der Waals surface area contributed by atoms with Crippen LogP contribution in [0.4, 0.5) is 10.5 Å². The van der Waals surface area contributed by atoms with Crippen LogP contribution in [0.3, 0.4) is 0 Å². The van der Waals surface area contributed by atoms with E-state index in [9.17, 15) is 24.3 Å². The Morgan fingerprint density at radius 2 is 1.94 bits per heavy atom. The minimum absolute atomic E-state index is 0.0684. The van der Waals surface area contributed by atoms with E-state index in [1.54, 1.807) is 39.7 Å². The zero-order chi connectivity index (χ0) is 38.7. The standard InChI is InChI=1S/C38H54ClN3O9S/c1-21-12-11-13-23(3)38(47)20-29(49-36(46)40-38)24(4)33-37(6,51-33)30(50-35(45)25(5)41(7)34(44)22(2)14-15-52-10)19-31(43)42(8)27-17-26(16-21)18-28(48-9)32(27)39/h11-13,17-18,22-25,29-30,33,47H,14-16,19-20H2,1-10H3,(H,40,46)/b13-11+,21-12+/t22?,23?,24?,25-,29?,30?,33?,37?,38?/m0/s1. The molecule has 9 atom stereocenters. The van der Waals surface area contributed by atoms with Gasteiger partial charge in [-0.15, -0.1) is 0 Å². The van der Waals surface area contributed by atoms with E-state index in [0.717, 1.165) is 16.9 Å². The molecule has 0 aromatic heterocycles. The molecule has 0 saturated carbocycles. The molecule has 14 heteroatoms. The van der Waals surface area contributed by atoms with Crippen LogP contribution in [-0.4, -0.2) is 103 Å². The second-order valence-corrected chi connectivity index (χ2v) is 16.0. The number of nitrogens with zero attached hydrogens (tertiary/aromatic N) is 2. The minimum atomic E-state index is -1.61. The van der Waals surface area contributed by atoms with Crippen molar-refractivity contribution in [1.29, 1.82) is 0 Å². The van der Waals surface area contributed by atoms with Gasteiger partial charge in [0, 0.05) is 38.3 Å². The smallest absolute Gasteiger partial charge is 0.409 e. The normalized spacial score (nSPS) is 32.2. The van der Waals surface area contributed by atoms with Gasteiger partial charge in [0.05, 0.1) is 25.3 Å². The number of fused-ring (bicyclic) bond motifs is 5. The van der Waals surface area contributed by atoms with Crippen molar-refractivity contribution in [2.75, 3.05) is 38.1 Å². The lowest BCUT2D eigenvalue weighted by molar-refractivity contribution is -0.162. The first-order valence-corrected chi connectivity index (χ1v) is 19.5. The zero-order valence-electron chi connectivity index (χ0n) is 31.9. The summed E-state index contributed by atoms with van der Waals surface area (Å²) < 4.78 is 23.7. The molecule has 12 nitrogen and oxygen atoms in total. The van der Waals surface area contributed by atoms with Gasteiger partial charge >= 0.3 is 12.1 Å². The summed E-state index contributed by atoms with van der Waals surface area (Å²) in [5.41, 5.74) is -0.547. The van der Waals surface area contributed by atoms with Crippen molar-refractivity contribution in [3.63, 3.8) is 0 Å². The summed E-state index contributed by atoms with van der Waals surface area (Å²) in [6, 6.07) is 2.68. The number of benzene rings is 1. The fourth-order valence-electron chi connectivity index (χ4n) is 6.86. The molecule has 2 fully saturated rings. The maximum absolute atomic E-state index is 14.1. The molecule has 8 unspecified atom stereocenters. The summed E-state index contributed by atoms with van der Waals surface area (Å²) in [7, 11) is 4.66. The van der Waals surface area contributed by atoms with Gasteiger partial charge < -0.3 is 33.9 Å². The van der Waals surface area contributed by atoms with Crippen LogP contribution in [0.1, 0.15) is 66.4 Å². The number of epoxide rings is 1. The topological polar surface area (TPSA) is 147 Å². The van der Waals surface area contributed by atoms with Crippen LogP contribution in [0.5, 0.6) is 5.75 Å². The zero-order valence-corrected chi connectivity index (χ0v) is 33.4. The predicted octanol–water partition coefficient (Wildman–Crippen LogP) is 5.52. The summed E-state index contributed by atoms with van der Waals surface area (Å²) in [4.78, 5) is 56.7. The number of ether oxygens (including phenoxy) is 4. The molecular weight excluding hydrogens is 710 g/mol. The molecule has 3 aliphatic heterocycles. The fourth-order valence-corrected chi connectivity index (χ4v) is 7.77. The van der Waals surface area contributed by atoms with Crippen LogP contribution in [-0.2, 0) is 35.0 Å². The molecule has 3 heterocycles. The highest BCUT2D eigenvalue weighted by molar-refractivity contribution is 7.98. The number of likely N-dealkylation sites (N-methyl/N-ethyl adjacent to an activating group) is 1. The number of allylic oxidation sites excluding steroid dienone is 3. The van der Waals surface area contributed by atoms with Gasteiger partial charge in [-0.2, -0.15) is 11.8 Å². The van der Waals surface area contributed by atoms with E-state index in [2.05, 4.69) is 5.32 Å². The van der Waals surface area contributed by atoms with Gasteiger partial charge in [0.2, 0.25) is 11.8 Å². The number of carbonyl (C=O) groups is 4. The number of hydrogen-bond acceptors (Lipinski definition) is 10. The van der Waals surface area contributed by atoms with Crippen LogP contribution in [0.25, 0.3) is 0 Å². The molecule has 0 spiro atoms. The fraction of sp³-hybridized carbons (Fsp3) is 0.632. The van der Waals surface area contributed by atoms with E-state index in [1.807, 2.05) is 64.3 Å². The maximum atomic E-state index is 14.1. The molecule has 1 aromatic carbocycles. The molecule has 52 heavy (non-hydrogen) atoms. The lowest BCUT2D eigenvalue weighted by Crippen LogP contribution is -2.60. The number of methoxy groups -OCH3 is 1. The van der Waals surface area contributed by atoms with Gasteiger partial charge in [-0.1, -0.05) is 56.2 Å². The summed E-state index contributed by atoms with van der Waals surface area (Å²) in [5.74, 6) is -1.33. The Morgan fingerprint density at radius 3 is 2.60 bits per heavy atom. The van der Waals surface area contributed by atoms with Gasteiger partial charge in [-0.3, -0.25) is 14.9 Å². The van der Waals surface area contributed by atoms with Crippen molar-refractivity contribution in [2.24, 2.45) is 17.8 Å². The largest absolute Gasteiger partial charge is 0.495 e. The van der Waals surface area contributed by atoms with Gasteiger partial charge in [0.15, 0.2) is 0 Å². The number of alkyl carbamates (subject to hydrolysis) is 1. The van der Waals surface area contributed by atoms with Crippen molar-refractivity contribution in [3.05, 3.63) is 46.5 Å². The number of amides is 3. The molecule has 288 valence electrons. The molecule has 3 aliphatic rings. The average molecular weight is 764 g/mol. The SMILES string of the molecule is COc1cc2cc(c1Cl)N(C)C(=O)CC(OC(=O)[C@H](C)N(C)C(=O)C(C)CCSC)C1(C)OC1C(C)C1CC(O)(NC(=O)O1)C(C)/C=C/C=C(\C)C2. The van der Waals surface area contributed by atoms with Crippen molar-refractivity contribution >= 4 is 52.9 Å². The lowest BCUT2D eigenvalue weighted by Gasteiger charge is -2.41. The van der Waals surface area contributed by atoms with Crippen LogP contribution in [0.15, 0.2) is 35.9 Å². The van der Waals surface area contributed by atoms with Gasteiger partial charge in [-0.05, 0) is 63.3 Å². The van der Waals surface area contributed by atoms with Crippen LogP contribution in [0.2, 0.25) is 5.02 Å². The number of anilines is 1. The van der Waals surface area contributed by atoms with E-state index in [0.29, 0.717) is 24.3 Å². The first kappa shape index (κ1) is 41.5. The second kappa shape index (κ2) is 16.8. The molecule has 2 saturated heterocycles. The van der Waals surface area contributed by atoms with E-state index in [1.165, 1.54) is 16.9 Å². The average Bonchev–Trinajstić information content (AvgIpc) is 3.80. The first-order valence-electron chi connectivity index (χ1n) is 17.7. The monoisotopic (exact) mass is 763 g/mol. The van der Waals surface area contributed by atoms with Gasteiger partial charge in [0.25, 0.3) is 0 Å². The van der Waals surface area contributed by atoms with Crippen molar-refractivity contribution < 1.29 is 43.2 Å². The number of aliphatic hydroxyl groups is 1. The number of esters is 1. The number of halogens is 1. The Hall–Kier alpha value is -3.26.